The van der Waals surface area contributed by atoms with Crippen molar-refractivity contribution in [3.05, 3.63) is 48.4 Å². The van der Waals surface area contributed by atoms with E-state index in [2.05, 4.69) is 10.6 Å². The van der Waals surface area contributed by atoms with Gasteiger partial charge in [-0.25, -0.2) is 4.79 Å². The number of carbonyl (C=O) groups excluding carboxylic acids is 2. The van der Waals surface area contributed by atoms with Gasteiger partial charge in [0.15, 0.2) is 5.76 Å². The van der Waals surface area contributed by atoms with Crippen molar-refractivity contribution in [2.24, 2.45) is 0 Å². The Kier molecular flexibility index (Phi) is 6.05. The first-order valence-corrected chi connectivity index (χ1v) is 7.88. The Morgan fingerprint density at radius 3 is 2.64 bits per heavy atom. The minimum absolute atomic E-state index is 0.253. The molecule has 134 valence electrons. The van der Waals surface area contributed by atoms with Gasteiger partial charge in [0.25, 0.3) is 5.91 Å². The van der Waals surface area contributed by atoms with Gasteiger partial charge in [0.2, 0.25) is 0 Å². The minimum Gasteiger partial charge on any atom is -0.492 e. The van der Waals surface area contributed by atoms with Crippen LogP contribution in [0, 0.1) is 0 Å². The Bertz CT molecular complexity index is 705. The van der Waals surface area contributed by atoms with E-state index < -0.39 is 11.7 Å². The summed E-state index contributed by atoms with van der Waals surface area (Å²) in [6, 6.07) is 10.2. The molecule has 0 spiro atoms. The van der Waals surface area contributed by atoms with Crippen LogP contribution in [0.15, 0.2) is 47.1 Å². The van der Waals surface area contributed by atoms with Crippen LogP contribution in [0.2, 0.25) is 0 Å². The number of rotatable bonds is 6. The van der Waals surface area contributed by atoms with Gasteiger partial charge in [-0.1, -0.05) is 6.07 Å². The highest BCUT2D eigenvalue weighted by Crippen LogP contribution is 2.18. The highest BCUT2D eigenvalue weighted by Gasteiger charge is 2.16. The van der Waals surface area contributed by atoms with Crippen molar-refractivity contribution in [3.63, 3.8) is 0 Å². The Morgan fingerprint density at radius 1 is 1.16 bits per heavy atom. The molecule has 2 amide bonds. The fraction of sp³-hybridized carbons (Fsp3) is 0.333. The first-order valence-electron chi connectivity index (χ1n) is 7.88. The zero-order chi connectivity index (χ0) is 18.3. The van der Waals surface area contributed by atoms with Crippen molar-refractivity contribution >= 4 is 17.7 Å². The fourth-order valence-electron chi connectivity index (χ4n) is 1.91. The van der Waals surface area contributed by atoms with Crippen LogP contribution >= 0.6 is 0 Å². The number of benzene rings is 1. The normalized spacial score (nSPS) is 10.8. The molecule has 0 aliphatic carbocycles. The summed E-state index contributed by atoms with van der Waals surface area (Å²) in [7, 11) is 0. The zero-order valence-corrected chi connectivity index (χ0v) is 14.5. The molecule has 0 saturated carbocycles. The maximum absolute atomic E-state index is 11.8. The molecule has 25 heavy (non-hydrogen) atoms. The molecule has 0 aliphatic heterocycles. The lowest BCUT2D eigenvalue weighted by Gasteiger charge is -2.19. The van der Waals surface area contributed by atoms with Gasteiger partial charge in [0.1, 0.15) is 18.0 Å². The molecule has 0 unspecified atom stereocenters. The standard InChI is InChI=1S/C18H22N2O5/c1-18(2,3)25-17(22)20-13-6-4-7-14(12-13)23-11-9-19-16(21)15-8-5-10-24-15/h4-8,10,12H,9,11H2,1-3H3,(H,19,21)(H,20,22). The molecule has 1 heterocycles. The van der Waals surface area contributed by atoms with E-state index in [9.17, 15) is 9.59 Å². The predicted molar refractivity (Wildman–Crippen MR) is 92.8 cm³/mol. The molecule has 7 heteroatoms. The second kappa shape index (κ2) is 8.23. The molecule has 2 rings (SSSR count). The lowest BCUT2D eigenvalue weighted by atomic mass is 10.2. The Balaban J connectivity index is 1.77. The molecule has 2 N–H and O–H groups in total. The lowest BCUT2D eigenvalue weighted by Crippen LogP contribution is -2.28. The number of anilines is 1. The third kappa shape index (κ3) is 6.58. The van der Waals surface area contributed by atoms with E-state index in [0.717, 1.165) is 0 Å². The van der Waals surface area contributed by atoms with Crippen molar-refractivity contribution in [1.82, 2.24) is 5.32 Å². The van der Waals surface area contributed by atoms with Gasteiger partial charge in [-0.05, 0) is 45.0 Å². The molecule has 0 radical (unpaired) electrons. The zero-order valence-electron chi connectivity index (χ0n) is 14.5. The maximum Gasteiger partial charge on any atom is 0.412 e. The summed E-state index contributed by atoms with van der Waals surface area (Å²) in [5, 5.41) is 5.32. The van der Waals surface area contributed by atoms with Gasteiger partial charge < -0.3 is 19.2 Å². The average molecular weight is 346 g/mol. The maximum atomic E-state index is 11.8. The number of carbonyl (C=O) groups is 2. The molecular formula is C18H22N2O5. The van der Waals surface area contributed by atoms with Gasteiger partial charge in [-0.2, -0.15) is 0 Å². The van der Waals surface area contributed by atoms with E-state index in [0.29, 0.717) is 18.0 Å². The summed E-state index contributed by atoms with van der Waals surface area (Å²) in [6.07, 6.45) is 0.907. The van der Waals surface area contributed by atoms with E-state index in [1.54, 1.807) is 57.2 Å². The van der Waals surface area contributed by atoms with Gasteiger partial charge in [-0.3, -0.25) is 10.1 Å². The molecule has 0 bridgehead atoms. The van der Waals surface area contributed by atoms with Crippen molar-refractivity contribution in [1.29, 1.82) is 0 Å². The smallest absolute Gasteiger partial charge is 0.412 e. The van der Waals surface area contributed by atoms with Crippen molar-refractivity contribution in [2.45, 2.75) is 26.4 Å². The highest BCUT2D eigenvalue weighted by molar-refractivity contribution is 5.91. The van der Waals surface area contributed by atoms with Crippen molar-refractivity contribution in [3.8, 4) is 5.75 Å². The molecule has 1 aromatic heterocycles. The van der Waals surface area contributed by atoms with Crippen LogP contribution < -0.4 is 15.4 Å². The summed E-state index contributed by atoms with van der Waals surface area (Å²) in [4.78, 5) is 23.4. The Labute approximate surface area is 146 Å². The monoisotopic (exact) mass is 346 g/mol. The quantitative estimate of drug-likeness (QED) is 0.782. The summed E-state index contributed by atoms with van der Waals surface area (Å²) in [6.45, 7) is 5.99. The van der Waals surface area contributed by atoms with Crippen molar-refractivity contribution < 1.29 is 23.5 Å². The van der Waals surface area contributed by atoms with E-state index in [1.807, 2.05) is 0 Å². The minimum atomic E-state index is -0.565. The summed E-state index contributed by atoms with van der Waals surface area (Å²) in [5.74, 6) is 0.526. The summed E-state index contributed by atoms with van der Waals surface area (Å²) >= 11 is 0. The van der Waals surface area contributed by atoms with Crippen LogP contribution in [-0.4, -0.2) is 30.8 Å². The van der Waals surface area contributed by atoms with Gasteiger partial charge in [0, 0.05) is 11.8 Å². The number of hydrogen-bond acceptors (Lipinski definition) is 5. The largest absolute Gasteiger partial charge is 0.492 e. The first kappa shape index (κ1) is 18.4. The highest BCUT2D eigenvalue weighted by atomic mass is 16.6. The van der Waals surface area contributed by atoms with Gasteiger partial charge in [0.05, 0.1) is 12.8 Å². The topological polar surface area (TPSA) is 89.8 Å². The van der Waals surface area contributed by atoms with E-state index >= 15 is 0 Å². The Hall–Kier alpha value is -2.96. The molecule has 0 saturated heterocycles. The van der Waals surface area contributed by atoms with E-state index in [-0.39, 0.29) is 18.3 Å². The van der Waals surface area contributed by atoms with Crippen LogP contribution in [0.5, 0.6) is 5.75 Å². The van der Waals surface area contributed by atoms with E-state index in [1.165, 1.54) is 6.26 Å². The summed E-state index contributed by atoms with van der Waals surface area (Å²) < 4.78 is 15.7. The fourth-order valence-corrected chi connectivity index (χ4v) is 1.91. The molecule has 0 fully saturated rings. The second-order valence-corrected chi connectivity index (χ2v) is 6.24. The first-order chi connectivity index (χ1) is 11.8. The van der Waals surface area contributed by atoms with Crippen molar-refractivity contribution in [2.75, 3.05) is 18.5 Å². The summed E-state index contributed by atoms with van der Waals surface area (Å²) in [5.41, 5.74) is -0.00363. The average Bonchev–Trinajstić information content (AvgIpc) is 3.04. The van der Waals surface area contributed by atoms with Gasteiger partial charge >= 0.3 is 6.09 Å². The molecular weight excluding hydrogens is 324 g/mol. The third-order valence-corrected chi connectivity index (χ3v) is 2.88. The van der Waals surface area contributed by atoms with Crippen LogP contribution in [0.25, 0.3) is 0 Å². The SMILES string of the molecule is CC(C)(C)OC(=O)Nc1cccc(OCCNC(=O)c2ccco2)c1. The van der Waals surface area contributed by atoms with E-state index in [4.69, 9.17) is 13.9 Å². The Morgan fingerprint density at radius 2 is 1.96 bits per heavy atom. The van der Waals surface area contributed by atoms with Crippen LogP contribution in [-0.2, 0) is 4.74 Å². The number of ether oxygens (including phenoxy) is 2. The van der Waals surface area contributed by atoms with Crippen LogP contribution in [0.3, 0.4) is 0 Å². The predicted octanol–water partition coefficient (Wildman–Crippen LogP) is 3.44. The number of furan rings is 1. The molecule has 7 nitrogen and oxygen atoms in total. The second-order valence-electron chi connectivity index (χ2n) is 6.24. The molecule has 0 atom stereocenters. The lowest BCUT2D eigenvalue weighted by molar-refractivity contribution is 0.0635. The molecule has 2 aromatic rings. The third-order valence-electron chi connectivity index (χ3n) is 2.88. The van der Waals surface area contributed by atoms with Gasteiger partial charge in [-0.15, -0.1) is 0 Å². The number of nitrogens with one attached hydrogen (secondary N) is 2. The molecule has 1 aromatic carbocycles. The number of hydrogen-bond donors (Lipinski definition) is 2. The van der Waals surface area contributed by atoms with Crippen LogP contribution in [0.4, 0.5) is 10.5 Å². The van der Waals surface area contributed by atoms with Crippen LogP contribution in [0.1, 0.15) is 31.3 Å². The molecule has 0 aliphatic rings. The number of amides is 2.